The van der Waals surface area contributed by atoms with Gasteiger partial charge in [0.1, 0.15) is 0 Å². The maximum atomic E-state index is 11.0. The van der Waals surface area contributed by atoms with E-state index >= 15 is 0 Å². The number of aliphatic hydroxyl groups is 1. The molecular weight excluding hydrogens is 433 g/mol. The molecule has 0 aromatic heterocycles. The third-order valence-corrected chi connectivity index (χ3v) is 7.85. The monoisotopic (exact) mass is 459 g/mol. The summed E-state index contributed by atoms with van der Waals surface area (Å²) in [5.41, 5.74) is 2.06. The van der Waals surface area contributed by atoms with Crippen LogP contribution in [0.25, 0.3) is 0 Å². The van der Waals surface area contributed by atoms with E-state index in [1.807, 2.05) is 6.07 Å². The van der Waals surface area contributed by atoms with Gasteiger partial charge in [0.2, 0.25) is 0 Å². The molecule has 4 rings (SSSR count). The number of hydrogen-bond donors (Lipinski definition) is 2. The van der Waals surface area contributed by atoms with Crippen molar-refractivity contribution in [3.05, 3.63) is 20.8 Å². The number of piperidine rings is 1. The predicted molar refractivity (Wildman–Crippen MR) is 103 cm³/mol. The molecule has 2 fully saturated rings. The molecule has 5 atom stereocenters. The van der Waals surface area contributed by atoms with Crippen LogP contribution in [0.1, 0.15) is 30.4 Å². The number of halogens is 1. The number of methoxy groups -OCH3 is 2. The lowest BCUT2D eigenvalue weighted by Gasteiger charge is -2.60. The Bertz CT molecular complexity index is 696. The van der Waals surface area contributed by atoms with Crippen LogP contribution in [0.15, 0.2) is 6.07 Å². The maximum absolute atomic E-state index is 11.0. The zero-order valence-electron chi connectivity index (χ0n) is 15.0. The van der Waals surface area contributed by atoms with Gasteiger partial charge in [-0.05, 0) is 79.4 Å². The van der Waals surface area contributed by atoms with Gasteiger partial charge < -0.3 is 24.6 Å². The van der Waals surface area contributed by atoms with E-state index in [-0.39, 0.29) is 17.3 Å². The number of likely N-dealkylation sites (N-methyl/N-ethyl adjacent to an activating group) is 1. The molecule has 138 valence electrons. The van der Waals surface area contributed by atoms with E-state index in [4.69, 9.17) is 9.47 Å². The van der Waals surface area contributed by atoms with Crippen molar-refractivity contribution < 1.29 is 19.7 Å². The van der Waals surface area contributed by atoms with Gasteiger partial charge in [0.25, 0.3) is 0 Å². The minimum absolute atomic E-state index is 0.125. The topological polar surface area (TPSA) is 62.2 Å². The average Bonchev–Trinajstić information content (AvgIpc) is 2.59. The van der Waals surface area contributed by atoms with Crippen LogP contribution in [-0.2, 0) is 16.6 Å². The van der Waals surface area contributed by atoms with Crippen molar-refractivity contribution in [1.29, 1.82) is 0 Å². The van der Waals surface area contributed by atoms with Crippen molar-refractivity contribution in [2.24, 2.45) is 5.92 Å². The van der Waals surface area contributed by atoms with Gasteiger partial charge in [-0.15, -0.1) is 0 Å². The van der Waals surface area contributed by atoms with Gasteiger partial charge >= 0.3 is 0 Å². The van der Waals surface area contributed by atoms with Crippen LogP contribution in [0.5, 0.6) is 11.5 Å². The Hall–Kier alpha value is -0.570. The molecule has 2 N–H and O–H groups in total. The summed E-state index contributed by atoms with van der Waals surface area (Å²) >= 11 is 2.36. The summed E-state index contributed by atoms with van der Waals surface area (Å²) in [5, 5.41) is 21.8. The number of nitrogens with zero attached hydrogens (tertiary/aromatic N) is 1. The molecule has 1 aliphatic heterocycles. The Morgan fingerprint density at radius 3 is 2.80 bits per heavy atom. The Morgan fingerprint density at radius 2 is 2.12 bits per heavy atom. The Kier molecular flexibility index (Phi) is 4.46. The van der Waals surface area contributed by atoms with Crippen molar-refractivity contribution >= 4 is 22.6 Å². The van der Waals surface area contributed by atoms with Crippen LogP contribution in [-0.4, -0.2) is 61.2 Å². The molecule has 1 heterocycles. The third kappa shape index (κ3) is 2.44. The van der Waals surface area contributed by atoms with Crippen molar-refractivity contribution in [2.75, 3.05) is 27.8 Å². The molecule has 25 heavy (non-hydrogen) atoms. The molecule has 0 radical (unpaired) electrons. The Morgan fingerprint density at radius 1 is 1.36 bits per heavy atom. The first-order chi connectivity index (χ1) is 11.9. The van der Waals surface area contributed by atoms with E-state index in [2.05, 4.69) is 34.5 Å². The molecule has 1 aromatic rings. The van der Waals surface area contributed by atoms with E-state index in [9.17, 15) is 10.2 Å². The molecular formula is C19H26INO4. The Labute approximate surface area is 162 Å². The SMILES string of the molecule is COc1cc(I)c2c(c1O)[C@@]13CCN(C)[C@@H](C2)C1CC(OC)[C@@H](O)C3. The van der Waals surface area contributed by atoms with Crippen molar-refractivity contribution in [2.45, 2.75) is 49.3 Å². The van der Waals surface area contributed by atoms with Crippen molar-refractivity contribution in [3.8, 4) is 11.5 Å². The van der Waals surface area contributed by atoms with Gasteiger partial charge in [0, 0.05) is 27.7 Å². The largest absolute Gasteiger partial charge is 0.504 e. The molecule has 0 spiro atoms. The second-order valence-corrected chi connectivity index (χ2v) is 8.97. The van der Waals surface area contributed by atoms with Gasteiger partial charge in [0.05, 0.1) is 19.3 Å². The van der Waals surface area contributed by atoms with Crippen molar-refractivity contribution in [1.82, 2.24) is 4.90 Å². The van der Waals surface area contributed by atoms with E-state index in [1.165, 1.54) is 5.56 Å². The molecule has 2 aliphatic carbocycles. The first kappa shape index (κ1) is 17.8. The normalized spacial score (nSPS) is 37.3. The van der Waals surface area contributed by atoms with E-state index < -0.39 is 6.10 Å². The lowest BCUT2D eigenvalue weighted by atomic mass is 9.51. The third-order valence-electron chi connectivity index (χ3n) is 6.89. The molecule has 3 aliphatic rings. The number of aliphatic hydroxyl groups excluding tert-OH is 1. The van der Waals surface area contributed by atoms with E-state index in [0.717, 1.165) is 34.9 Å². The van der Waals surface area contributed by atoms with Crippen LogP contribution in [0.2, 0.25) is 0 Å². The number of hydrogen-bond acceptors (Lipinski definition) is 5. The van der Waals surface area contributed by atoms with Gasteiger partial charge in [-0.2, -0.15) is 0 Å². The summed E-state index contributed by atoms with van der Waals surface area (Å²) in [6, 6.07) is 2.35. The second-order valence-electron chi connectivity index (χ2n) is 7.81. The number of phenolic OH excluding ortho intramolecular Hbond substituents is 1. The summed E-state index contributed by atoms with van der Waals surface area (Å²) < 4.78 is 12.2. The lowest BCUT2D eigenvalue weighted by molar-refractivity contribution is -0.114. The molecule has 5 nitrogen and oxygen atoms in total. The van der Waals surface area contributed by atoms with E-state index in [0.29, 0.717) is 24.1 Å². The van der Waals surface area contributed by atoms with Crippen LogP contribution in [0.4, 0.5) is 0 Å². The highest BCUT2D eigenvalue weighted by Crippen LogP contribution is 2.59. The molecule has 0 amide bonds. The van der Waals surface area contributed by atoms with Gasteiger partial charge in [-0.1, -0.05) is 0 Å². The summed E-state index contributed by atoms with van der Waals surface area (Å²) in [6.45, 7) is 0.984. The fourth-order valence-electron chi connectivity index (χ4n) is 5.67. The van der Waals surface area contributed by atoms with Gasteiger partial charge in [0.15, 0.2) is 11.5 Å². The first-order valence-electron chi connectivity index (χ1n) is 8.93. The number of rotatable bonds is 2. The maximum Gasteiger partial charge on any atom is 0.161 e. The highest BCUT2D eigenvalue weighted by molar-refractivity contribution is 14.1. The highest BCUT2D eigenvalue weighted by Gasteiger charge is 2.58. The van der Waals surface area contributed by atoms with Gasteiger partial charge in [-0.3, -0.25) is 0 Å². The fraction of sp³-hybridized carbons (Fsp3) is 0.684. The minimum Gasteiger partial charge on any atom is -0.504 e. The molecule has 6 heteroatoms. The minimum atomic E-state index is -0.500. The van der Waals surface area contributed by atoms with E-state index in [1.54, 1.807) is 14.2 Å². The van der Waals surface area contributed by atoms with Crippen LogP contribution in [0, 0.1) is 9.49 Å². The van der Waals surface area contributed by atoms with Gasteiger partial charge in [-0.25, -0.2) is 0 Å². The number of ether oxygens (including phenoxy) is 2. The summed E-state index contributed by atoms with van der Waals surface area (Å²) in [6.07, 6.45) is 2.73. The Balaban J connectivity index is 1.94. The predicted octanol–water partition coefficient (Wildman–Crippen LogP) is 2.29. The summed E-state index contributed by atoms with van der Waals surface area (Å²) in [5.74, 6) is 1.19. The number of likely N-dealkylation sites (tertiary alicyclic amines) is 1. The number of benzene rings is 1. The molecule has 1 aromatic carbocycles. The van der Waals surface area contributed by atoms with Crippen LogP contribution >= 0.6 is 22.6 Å². The molecule has 2 unspecified atom stereocenters. The zero-order chi connectivity index (χ0) is 17.9. The number of phenols is 1. The smallest absolute Gasteiger partial charge is 0.161 e. The van der Waals surface area contributed by atoms with Crippen molar-refractivity contribution in [3.63, 3.8) is 0 Å². The fourth-order valence-corrected chi connectivity index (χ4v) is 6.44. The average molecular weight is 459 g/mol. The number of fused-ring (bicyclic) bond motifs is 1. The molecule has 1 saturated heterocycles. The number of aromatic hydroxyl groups is 1. The zero-order valence-corrected chi connectivity index (χ0v) is 17.1. The molecule has 1 saturated carbocycles. The standard InChI is InChI=1S/C19H26INO4/c1-21-5-4-19-9-14(22)15(24-2)7-11(19)13(21)6-10-12(20)8-16(25-3)18(23)17(10)19/h8,11,13-15,22-23H,4-7,9H2,1-3H3/t11?,13-,14-,15?,19+/m0/s1. The first-order valence-corrected chi connectivity index (χ1v) is 10.0. The summed E-state index contributed by atoms with van der Waals surface area (Å²) in [4.78, 5) is 2.45. The quantitative estimate of drug-likeness (QED) is 0.665. The lowest BCUT2D eigenvalue weighted by Crippen LogP contribution is -2.64. The van der Waals surface area contributed by atoms with Crippen LogP contribution in [0.3, 0.4) is 0 Å². The van der Waals surface area contributed by atoms with Crippen LogP contribution < -0.4 is 4.74 Å². The summed E-state index contributed by atoms with van der Waals surface area (Å²) in [7, 11) is 5.48. The second kappa shape index (κ2) is 6.25. The highest BCUT2D eigenvalue weighted by atomic mass is 127. The molecule has 2 bridgehead atoms.